The van der Waals surface area contributed by atoms with Crippen LogP contribution in [0.4, 0.5) is 0 Å². The quantitative estimate of drug-likeness (QED) is 0.920. The van der Waals surface area contributed by atoms with Crippen LogP contribution in [0.3, 0.4) is 0 Å². The minimum Gasteiger partial charge on any atom is -0.330 e. The van der Waals surface area contributed by atoms with Crippen LogP contribution in [0.25, 0.3) is 0 Å². The van der Waals surface area contributed by atoms with Gasteiger partial charge in [-0.1, -0.05) is 26.7 Å². The van der Waals surface area contributed by atoms with Gasteiger partial charge in [-0.05, 0) is 59.5 Å². The van der Waals surface area contributed by atoms with Crippen LogP contribution in [0.1, 0.15) is 50.9 Å². The second-order valence-corrected chi connectivity index (χ2v) is 7.06. The second-order valence-electron chi connectivity index (χ2n) is 6.27. The van der Waals surface area contributed by atoms with Crippen molar-refractivity contribution in [1.29, 1.82) is 0 Å². The zero-order chi connectivity index (χ0) is 14.0. The summed E-state index contributed by atoms with van der Waals surface area (Å²) < 4.78 is 3.24. The first-order valence-corrected chi connectivity index (χ1v) is 8.21. The van der Waals surface area contributed by atoms with Gasteiger partial charge in [0.05, 0.1) is 15.9 Å². The van der Waals surface area contributed by atoms with Crippen LogP contribution in [0, 0.1) is 11.3 Å². The molecule has 0 bridgehead atoms. The summed E-state index contributed by atoms with van der Waals surface area (Å²) >= 11 is 3.73. The lowest BCUT2D eigenvalue weighted by Crippen LogP contribution is -2.37. The lowest BCUT2D eigenvalue weighted by atomic mass is 9.67. The molecule has 0 radical (unpaired) electrons. The molecule has 0 spiro atoms. The molecule has 19 heavy (non-hydrogen) atoms. The molecular weight excluding hydrogens is 302 g/mol. The standard InChI is InChI=1S/C15H26BrN3/c1-4-12-14(16)13(19(3)18-12)9-15(10-17)7-5-6-11(2)8-15/h11H,4-10,17H2,1-3H3. The van der Waals surface area contributed by atoms with Crippen molar-refractivity contribution in [2.75, 3.05) is 6.54 Å². The summed E-state index contributed by atoms with van der Waals surface area (Å²) in [6.45, 7) is 5.30. The summed E-state index contributed by atoms with van der Waals surface area (Å²) in [7, 11) is 2.05. The molecule has 0 aliphatic heterocycles. The maximum atomic E-state index is 6.14. The van der Waals surface area contributed by atoms with Crippen LogP contribution >= 0.6 is 15.9 Å². The van der Waals surface area contributed by atoms with Crippen molar-refractivity contribution in [3.8, 4) is 0 Å². The van der Waals surface area contributed by atoms with E-state index in [2.05, 4.69) is 41.9 Å². The van der Waals surface area contributed by atoms with Crippen LogP contribution in [0.2, 0.25) is 0 Å². The molecule has 3 nitrogen and oxygen atoms in total. The first-order valence-electron chi connectivity index (χ1n) is 7.41. The number of nitrogens with zero attached hydrogens (tertiary/aromatic N) is 2. The van der Waals surface area contributed by atoms with Crippen LogP contribution in [0.5, 0.6) is 0 Å². The van der Waals surface area contributed by atoms with Crippen LogP contribution in [-0.4, -0.2) is 16.3 Å². The zero-order valence-corrected chi connectivity index (χ0v) is 14.0. The molecule has 2 atom stereocenters. The van der Waals surface area contributed by atoms with E-state index in [0.717, 1.165) is 31.0 Å². The smallest absolute Gasteiger partial charge is 0.0766 e. The first kappa shape index (κ1) is 15.0. The van der Waals surface area contributed by atoms with Gasteiger partial charge < -0.3 is 5.73 Å². The third-order valence-electron chi connectivity index (χ3n) is 4.66. The normalized spacial score (nSPS) is 27.7. The maximum Gasteiger partial charge on any atom is 0.0766 e. The molecule has 2 unspecified atom stereocenters. The van der Waals surface area contributed by atoms with Gasteiger partial charge in [0.25, 0.3) is 0 Å². The lowest BCUT2D eigenvalue weighted by Gasteiger charge is -2.39. The predicted molar refractivity (Wildman–Crippen MR) is 83.1 cm³/mol. The Balaban J connectivity index is 2.25. The Morgan fingerprint density at radius 1 is 1.53 bits per heavy atom. The highest BCUT2D eigenvalue weighted by Crippen LogP contribution is 2.42. The molecule has 0 amide bonds. The number of nitrogens with two attached hydrogens (primary N) is 1. The summed E-state index contributed by atoms with van der Waals surface area (Å²) in [6.07, 6.45) is 7.21. The van der Waals surface area contributed by atoms with Crippen molar-refractivity contribution in [1.82, 2.24) is 9.78 Å². The molecule has 108 valence electrons. The first-order chi connectivity index (χ1) is 9.01. The van der Waals surface area contributed by atoms with Gasteiger partial charge in [-0.25, -0.2) is 0 Å². The molecule has 1 aromatic rings. The SMILES string of the molecule is CCc1nn(C)c(CC2(CN)CCCC(C)C2)c1Br. The van der Waals surface area contributed by atoms with Crippen molar-refractivity contribution in [3.63, 3.8) is 0 Å². The van der Waals surface area contributed by atoms with E-state index in [9.17, 15) is 0 Å². The number of halogens is 1. The highest BCUT2D eigenvalue weighted by molar-refractivity contribution is 9.10. The monoisotopic (exact) mass is 327 g/mol. The van der Waals surface area contributed by atoms with Crippen LogP contribution in [-0.2, 0) is 19.9 Å². The molecule has 1 heterocycles. The highest BCUT2D eigenvalue weighted by Gasteiger charge is 2.35. The number of hydrogen-bond donors (Lipinski definition) is 1. The third kappa shape index (κ3) is 3.05. The fourth-order valence-electron chi connectivity index (χ4n) is 3.55. The lowest BCUT2D eigenvalue weighted by molar-refractivity contribution is 0.151. The number of aryl methyl sites for hydroxylation is 2. The average Bonchev–Trinajstić information content (AvgIpc) is 2.66. The minimum atomic E-state index is 0.277. The van der Waals surface area contributed by atoms with Crippen molar-refractivity contribution in [3.05, 3.63) is 15.9 Å². The van der Waals surface area contributed by atoms with Gasteiger partial charge in [0, 0.05) is 7.05 Å². The Morgan fingerprint density at radius 3 is 2.79 bits per heavy atom. The second kappa shape index (κ2) is 5.96. The zero-order valence-electron chi connectivity index (χ0n) is 12.4. The van der Waals surface area contributed by atoms with E-state index in [1.165, 1.54) is 35.8 Å². The molecule has 1 fully saturated rings. The molecule has 4 heteroatoms. The van der Waals surface area contributed by atoms with Gasteiger partial charge in [-0.3, -0.25) is 4.68 Å². The molecule has 0 saturated heterocycles. The van der Waals surface area contributed by atoms with Crippen molar-refractivity contribution in [2.24, 2.45) is 24.1 Å². The molecule has 1 aliphatic carbocycles. The fourth-order valence-corrected chi connectivity index (χ4v) is 4.31. The van der Waals surface area contributed by atoms with Crippen LogP contribution in [0.15, 0.2) is 4.47 Å². The fraction of sp³-hybridized carbons (Fsp3) is 0.800. The molecule has 0 aromatic carbocycles. The van der Waals surface area contributed by atoms with Crippen LogP contribution < -0.4 is 5.73 Å². The van der Waals surface area contributed by atoms with Gasteiger partial charge in [0.2, 0.25) is 0 Å². The van der Waals surface area contributed by atoms with Crippen molar-refractivity contribution < 1.29 is 0 Å². The Morgan fingerprint density at radius 2 is 2.26 bits per heavy atom. The maximum absolute atomic E-state index is 6.14. The van der Waals surface area contributed by atoms with Gasteiger partial charge >= 0.3 is 0 Å². The van der Waals surface area contributed by atoms with E-state index in [0.29, 0.717) is 0 Å². The summed E-state index contributed by atoms with van der Waals surface area (Å²) in [5.41, 5.74) is 8.90. The van der Waals surface area contributed by atoms with E-state index in [1.54, 1.807) is 0 Å². The summed E-state index contributed by atoms with van der Waals surface area (Å²) in [5, 5.41) is 4.61. The van der Waals surface area contributed by atoms with E-state index in [4.69, 9.17) is 5.73 Å². The number of hydrogen-bond acceptors (Lipinski definition) is 2. The van der Waals surface area contributed by atoms with E-state index in [-0.39, 0.29) is 5.41 Å². The van der Waals surface area contributed by atoms with Gasteiger partial charge in [-0.2, -0.15) is 5.10 Å². The van der Waals surface area contributed by atoms with Gasteiger partial charge in [0.1, 0.15) is 0 Å². The Bertz CT molecular complexity index is 441. The molecule has 2 rings (SSSR count). The summed E-state index contributed by atoms with van der Waals surface area (Å²) in [4.78, 5) is 0. The predicted octanol–water partition coefficient (Wildman–Crippen LogP) is 3.44. The van der Waals surface area contributed by atoms with E-state index in [1.807, 2.05) is 4.68 Å². The molecule has 2 N–H and O–H groups in total. The van der Waals surface area contributed by atoms with Crippen molar-refractivity contribution >= 4 is 15.9 Å². The minimum absolute atomic E-state index is 0.277. The van der Waals surface area contributed by atoms with E-state index < -0.39 is 0 Å². The van der Waals surface area contributed by atoms with Crippen molar-refractivity contribution in [2.45, 2.75) is 52.4 Å². The topological polar surface area (TPSA) is 43.8 Å². The number of aromatic nitrogens is 2. The average molecular weight is 328 g/mol. The molecule has 1 saturated carbocycles. The largest absolute Gasteiger partial charge is 0.330 e. The molecule has 1 aliphatic rings. The Hall–Kier alpha value is -0.350. The highest BCUT2D eigenvalue weighted by atomic mass is 79.9. The number of rotatable bonds is 4. The molecular formula is C15H26BrN3. The summed E-state index contributed by atoms with van der Waals surface area (Å²) in [5.74, 6) is 0.801. The third-order valence-corrected chi connectivity index (χ3v) is 5.58. The van der Waals surface area contributed by atoms with Gasteiger partial charge in [0.15, 0.2) is 0 Å². The molecule has 1 aromatic heterocycles. The van der Waals surface area contributed by atoms with Gasteiger partial charge in [-0.15, -0.1) is 0 Å². The Labute approximate surface area is 125 Å². The summed E-state index contributed by atoms with van der Waals surface area (Å²) in [6, 6.07) is 0. The van der Waals surface area contributed by atoms with E-state index >= 15 is 0 Å². The Kier molecular flexibility index (Phi) is 4.72.